The highest BCUT2D eigenvalue weighted by atomic mass is 16.2. The number of aryl methyl sites for hydroxylation is 2. The molecule has 0 aromatic carbocycles. The van der Waals surface area contributed by atoms with Crippen LogP contribution in [0.1, 0.15) is 43.5 Å². The van der Waals surface area contributed by atoms with Crippen LogP contribution in [0, 0.1) is 0 Å². The van der Waals surface area contributed by atoms with Crippen molar-refractivity contribution < 1.29 is 0 Å². The fraction of sp³-hybridized carbons (Fsp3) is 0.588. The smallest absolute Gasteiger partial charge is 0.345 e. The first kappa shape index (κ1) is 15.5. The Morgan fingerprint density at radius 2 is 1.81 bits per heavy atom. The number of hydrogen-bond donors (Lipinski definition) is 0. The van der Waals surface area contributed by atoms with Crippen molar-refractivity contribution in [1.82, 2.24) is 33.9 Å². The van der Waals surface area contributed by atoms with Crippen LogP contribution in [-0.4, -0.2) is 47.0 Å². The second-order valence-electron chi connectivity index (χ2n) is 7.35. The summed E-state index contributed by atoms with van der Waals surface area (Å²) in [4.78, 5) is 27.9. The summed E-state index contributed by atoms with van der Waals surface area (Å²) in [6.07, 6.45) is 7.49. The molecule has 4 heterocycles. The van der Waals surface area contributed by atoms with Crippen molar-refractivity contribution in [2.75, 3.05) is 18.0 Å². The largest absolute Gasteiger partial charge is 0.355 e. The lowest BCUT2D eigenvalue weighted by molar-refractivity contribution is 0.461. The molecule has 1 aliphatic heterocycles. The first-order valence-corrected chi connectivity index (χ1v) is 9.16. The Balaban J connectivity index is 1.40. The van der Waals surface area contributed by atoms with Gasteiger partial charge in [-0.25, -0.2) is 24.4 Å². The lowest BCUT2D eigenvalue weighted by Crippen LogP contribution is -2.35. The van der Waals surface area contributed by atoms with Crippen molar-refractivity contribution in [3.05, 3.63) is 29.0 Å². The van der Waals surface area contributed by atoms with Gasteiger partial charge in [-0.1, -0.05) is 0 Å². The first-order valence-electron chi connectivity index (χ1n) is 9.16. The minimum atomic E-state index is 0.0240. The van der Waals surface area contributed by atoms with Crippen LogP contribution in [0.25, 0.3) is 11.2 Å². The highest BCUT2D eigenvalue weighted by Gasteiger charge is 2.34. The van der Waals surface area contributed by atoms with Gasteiger partial charge < -0.3 is 9.47 Å². The van der Waals surface area contributed by atoms with Gasteiger partial charge in [0.25, 0.3) is 0 Å². The summed E-state index contributed by atoms with van der Waals surface area (Å²) < 4.78 is 5.33. The van der Waals surface area contributed by atoms with E-state index in [4.69, 9.17) is 0 Å². The molecule has 1 saturated heterocycles. The summed E-state index contributed by atoms with van der Waals surface area (Å²) >= 11 is 0. The van der Waals surface area contributed by atoms with E-state index in [9.17, 15) is 4.79 Å². The molecule has 0 amide bonds. The average Bonchev–Trinajstić information content (AvgIpc) is 3.36. The molecule has 0 radical (unpaired) electrons. The summed E-state index contributed by atoms with van der Waals surface area (Å²) in [5.74, 6) is 2.18. The minimum absolute atomic E-state index is 0.0240. The van der Waals surface area contributed by atoms with E-state index in [0.29, 0.717) is 12.0 Å². The maximum atomic E-state index is 12.4. The van der Waals surface area contributed by atoms with E-state index in [1.165, 1.54) is 4.68 Å². The molecule has 1 saturated carbocycles. The molecule has 0 N–H and O–H groups in total. The Morgan fingerprint density at radius 3 is 2.54 bits per heavy atom. The SMILES string of the molecule is Cn1nc(C2CCN(c3ncnc4c3ncn4C)CC2)n(C2CC2)c1=O. The van der Waals surface area contributed by atoms with Crippen molar-refractivity contribution in [3.63, 3.8) is 0 Å². The molecule has 3 aromatic heterocycles. The zero-order chi connectivity index (χ0) is 17.8. The lowest BCUT2D eigenvalue weighted by Gasteiger charge is -2.32. The van der Waals surface area contributed by atoms with Crippen LogP contribution in [0.15, 0.2) is 17.4 Å². The Labute approximate surface area is 150 Å². The molecule has 26 heavy (non-hydrogen) atoms. The molecular weight excluding hydrogens is 332 g/mol. The quantitative estimate of drug-likeness (QED) is 0.697. The van der Waals surface area contributed by atoms with Gasteiger partial charge in [0.1, 0.15) is 12.2 Å². The second-order valence-corrected chi connectivity index (χ2v) is 7.35. The number of rotatable bonds is 3. The molecule has 2 aliphatic rings. The first-order chi connectivity index (χ1) is 12.6. The van der Waals surface area contributed by atoms with Crippen molar-refractivity contribution in [2.45, 2.75) is 37.6 Å². The highest BCUT2D eigenvalue weighted by molar-refractivity contribution is 5.83. The van der Waals surface area contributed by atoms with Gasteiger partial charge in [0.05, 0.1) is 6.33 Å². The van der Waals surface area contributed by atoms with Gasteiger partial charge >= 0.3 is 5.69 Å². The third kappa shape index (κ3) is 2.33. The lowest BCUT2D eigenvalue weighted by atomic mass is 9.96. The number of nitrogens with zero attached hydrogens (tertiary/aromatic N) is 8. The van der Waals surface area contributed by atoms with Crippen LogP contribution in [0.2, 0.25) is 0 Å². The van der Waals surface area contributed by atoms with Gasteiger partial charge in [-0.3, -0.25) is 4.57 Å². The molecule has 9 nitrogen and oxygen atoms in total. The van der Waals surface area contributed by atoms with Crippen LogP contribution >= 0.6 is 0 Å². The Hall–Kier alpha value is -2.71. The van der Waals surface area contributed by atoms with E-state index in [0.717, 1.165) is 61.6 Å². The molecule has 2 fully saturated rings. The molecule has 3 aromatic rings. The molecule has 0 bridgehead atoms. The van der Waals surface area contributed by atoms with E-state index >= 15 is 0 Å². The zero-order valence-electron chi connectivity index (χ0n) is 15.0. The van der Waals surface area contributed by atoms with Crippen molar-refractivity contribution in [3.8, 4) is 0 Å². The summed E-state index contributed by atoms with van der Waals surface area (Å²) in [6.45, 7) is 1.76. The summed E-state index contributed by atoms with van der Waals surface area (Å²) in [7, 11) is 3.69. The third-order valence-electron chi connectivity index (χ3n) is 5.53. The van der Waals surface area contributed by atoms with Crippen molar-refractivity contribution in [1.29, 1.82) is 0 Å². The van der Waals surface area contributed by atoms with E-state index < -0.39 is 0 Å². The minimum Gasteiger partial charge on any atom is -0.355 e. The Morgan fingerprint density at radius 1 is 1.04 bits per heavy atom. The molecular formula is C17H22N8O. The number of imidazole rings is 1. The normalized spacial score (nSPS) is 18.8. The Bertz CT molecular complexity index is 1020. The number of aromatic nitrogens is 7. The van der Waals surface area contributed by atoms with Crippen LogP contribution in [0.3, 0.4) is 0 Å². The van der Waals surface area contributed by atoms with Gasteiger partial charge in [0.2, 0.25) is 0 Å². The molecule has 5 rings (SSSR count). The van der Waals surface area contributed by atoms with Gasteiger partial charge in [0, 0.05) is 39.1 Å². The molecule has 0 spiro atoms. The van der Waals surface area contributed by atoms with E-state index in [1.54, 1.807) is 19.7 Å². The van der Waals surface area contributed by atoms with Gasteiger partial charge in [-0.15, -0.1) is 0 Å². The maximum absolute atomic E-state index is 12.4. The fourth-order valence-corrected chi connectivity index (χ4v) is 3.97. The number of fused-ring (bicyclic) bond motifs is 1. The van der Waals surface area contributed by atoms with E-state index in [2.05, 4.69) is 25.0 Å². The number of piperidine rings is 1. The van der Waals surface area contributed by atoms with Crippen molar-refractivity contribution >= 4 is 17.0 Å². The number of anilines is 1. The summed E-state index contributed by atoms with van der Waals surface area (Å²) in [6, 6.07) is 0.360. The molecule has 9 heteroatoms. The predicted octanol–water partition coefficient (Wildman–Crippen LogP) is 0.977. The summed E-state index contributed by atoms with van der Waals surface area (Å²) in [5.41, 5.74) is 1.72. The predicted molar refractivity (Wildman–Crippen MR) is 96.2 cm³/mol. The summed E-state index contributed by atoms with van der Waals surface area (Å²) in [5, 5.41) is 4.55. The van der Waals surface area contributed by atoms with Crippen LogP contribution in [0.5, 0.6) is 0 Å². The fourth-order valence-electron chi connectivity index (χ4n) is 3.97. The molecule has 0 atom stereocenters. The molecule has 1 aliphatic carbocycles. The van der Waals surface area contributed by atoms with E-state index in [-0.39, 0.29) is 5.69 Å². The van der Waals surface area contributed by atoms with Crippen LogP contribution in [0.4, 0.5) is 5.82 Å². The molecule has 136 valence electrons. The average molecular weight is 354 g/mol. The van der Waals surface area contributed by atoms with Gasteiger partial charge in [-0.2, -0.15) is 5.10 Å². The Kier molecular flexibility index (Phi) is 3.38. The van der Waals surface area contributed by atoms with Crippen LogP contribution in [-0.2, 0) is 14.1 Å². The maximum Gasteiger partial charge on any atom is 0.345 e. The van der Waals surface area contributed by atoms with Crippen LogP contribution < -0.4 is 10.6 Å². The standard InChI is InChI=1S/C17H22N8O/c1-22-10-20-13-15(22)18-9-19-16(13)24-7-5-11(6-8-24)14-21-23(2)17(26)25(14)12-3-4-12/h9-12H,3-8H2,1-2H3. The third-order valence-corrected chi connectivity index (χ3v) is 5.53. The monoisotopic (exact) mass is 354 g/mol. The topological polar surface area (TPSA) is 86.7 Å². The van der Waals surface area contributed by atoms with Crippen molar-refractivity contribution in [2.24, 2.45) is 14.1 Å². The number of hydrogen-bond acceptors (Lipinski definition) is 6. The van der Waals surface area contributed by atoms with Gasteiger partial charge in [-0.05, 0) is 25.7 Å². The van der Waals surface area contributed by atoms with E-state index in [1.807, 2.05) is 16.2 Å². The second kappa shape index (κ2) is 5.65. The van der Waals surface area contributed by atoms with Gasteiger partial charge in [0.15, 0.2) is 17.0 Å². The zero-order valence-corrected chi connectivity index (χ0v) is 15.0. The highest BCUT2D eigenvalue weighted by Crippen LogP contribution is 2.38. The molecule has 0 unspecified atom stereocenters.